The summed E-state index contributed by atoms with van der Waals surface area (Å²) in [5.41, 5.74) is 8.95. The Labute approximate surface area is 155 Å². The van der Waals surface area contributed by atoms with Crippen LogP contribution >= 0.6 is 0 Å². The van der Waals surface area contributed by atoms with E-state index in [2.05, 4.69) is 110 Å². The van der Waals surface area contributed by atoms with Gasteiger partial charge in [-0.3, -0.25) is 0 Å². The maximum atomic E-state index is 2.23. The van der Waals surface area contributed by atoms with Crippen LogP contribution in [0.3, 0.4) is 0 Å². The molecule has 4 rings (SSSR count). The molecule has 0 fully saturated rings. The standard InChI is InChI=1S/C26H22/c1-2-20-12-14-21(15-13-20)22-16-18-24(19-17-22)26-11-7-6-10-25(26)23-8-4-3-5-9-23/h3-19H,2H2,1H3. The fourth-order valence-corrected chi connectivity index (χ4v) is 3.38. The highest BCUT2D eigenvalue weighted by atomic mass is 14.1. The normalized spacial score (nSPS) is 10.7. The Bertz CT molecular complexity index is 978. The van der Waals surface area contributed by atoms with Crippen LogP contribution in [0.15, 0.2) is 103 Å². The van der Waals surface area contributed by atoms with Gasteiger partial charge in [-0.2, -0.15) is 0 Å². The van der Waals surface area contributed by atoms with Crippen LogP contribution in [-0.4, -0.2) is 0 Å². The monoisotopic (exact) mass is 334 g/mol. The number of rotatable bonds is 4. The first-order chi connectivity index (χ1) is 12.8. The molecule has 0 radical (unpaired) electrons. The molecule has 0 aromatic heterocycles. The lowest BCUT2D eigenvalue weighted by atomic mass is 9.93. The Hall–Kier alpha value is -3.12. The molecule has 0 aliphatic heterocycles. The highest BCUT2D eigenvalue weighted by Crippen LogP contribution is 2.33. The van der Waals surface area contributed by atoms with Crippen LogP contribution in [0.1, 0.15) is 12.5 Å². The molecule has 0 saturated heterocycles. The Morgan fingerprint density at radius 2 is 0.846 bits per heavy atom. The molecule has 126 valence electrons. The predicted molar refractivity (Wildman–Crippen MR) is 112 cm³/mol. The van der Waals surface area contributed by atoms with E-state index in [-0.39, 0.29) is 0 Å². The molecule has 0 aliphatic rings. The molecule has 0 unspecified atom stereocenters. The smallest absolute Gasteiger partial charge is 0.0105 e. The number of benzene rings is 4. The van der Waals surface area contributed by atoms with Crippen molar-refractivity contribution in [3.63, 3.8) is 0 Å². The van der Waals surface area contributed by atoms with Crippen LogP contribution in [0.2, 0.25) is 0 Å². The van der Waals surface area contributed by atoms with Gasteiger partial charge in [-0.25, -0.2) is 0 Å². The van der Waals surface area contributed by atoms with Gasteiger partial charge >= 0.3 is 0 Å². The van der Waals surface area contributed by atoms with E-state index in [9.17, 15) is 0 Å². The first-order valence-electron chi connectivity index (χ1n) is 9.19. The summed E-state index contributed by atoms with van der Waals surface area (Å²) in [4.78, 5) is 0. The second-order valence-corrected chi connectivity index (χ2v) is 6.54. The van der Waals surface area contributed by atoms with Crippen molar-refractivity contribution in [2.45, 2.75) is 13.3 Å². The number of hydrogen-bond acceptors (Lipinski definition) is 0. The summed E-state index contributed by atoms with van der Waals surface area (Å²) < 4.78 is 0. The van der Waals surface area contributed by atoms with E-state index in [1.165, 1.54) is 38.9 Å². The lowest BCUT2D eigenvalue weighted by Gasteiger charge is -2.11. The molecule has 0 N–H and O–H groups in total. The summed E-state index contributed by atoms with van der Waals surface area (Å²) in [5.74, 6) is 0. The summed E-state index contributed by atoms with van der Waals surface area (Å²) >= 11 is 0. The fourth-order valence-electron chi connectivity index (χ4n) is 3.38. The fraction of sp³-hybridized carbons (Fsp3) is 0.0769. The van der Waals surface area contributed by atoms with Crippen molar-refractivity contribution in [2.75, 3.05) is 0 Å². The summed E-state index contributed by atoms with van der Waals surface area (Å²) in [7, 11) is 0. The minimum Gasteiger partial charge on any atom is -0.0622 e. The van der Waals surface area contributed by atoms with E-state index in [0.29, 0.717) is 0 Å². The third-order valence-corrected chi connectivity index (χ3v) is 4.90. The molecule has 0 saturated carbocycles. The van der Waals surface area contributed by atoms with Gasteiger partial charge in [-0.05, 0) is 45.4 Å². The van der Waals surface area contributed by atoms with Crippen LogP contribution in [0.4, 0.5) is 0 Å². The van der Waals surface area contributed by atoms with Crippen LogP contribution in [0.25, 0.3) is 33.4 Å². The van der Waals surface area contributed by atoms with Gasteiger partial charge in [-0.1, -0.05) is 110 Å². The van der Waals surface area contributed by atoms with Crippen molar-refractivity contribution in [1.82, 2.24) is 0 Å². The zero-order valence-electron chi connectivity index (χ0n) is 15.0. The van der Waals surface area contributed by atoms with Gasteiger partial charge in [0.25, 0.3) is 0 Å². The second kappa shape index (κ2) is 7.41. The first kappa shape index (κ1) is 16.4. The molecule has 0 nitrogen and oxygen atoms in total. The Morgan fingerprint density at radius 3 is 1.38 bits per heavy atom. The van der Waals surface area contributed by atoms with Gasteiger partial charge < -0.3 is 0 Å². The minimum absolute atomic E-state index is 1.08. The highest BCUT2D eigenvalue weighted by molar-refractivity contribution is 5.84. The Balaban J connectivity index is 1.69. The maximum Gasteiger partial charge on any atom is -0.0105 e. The first-order valence-corrected chi connectivity index (χ1v) is 9.19. The van der Waals surface area contributed by atoms with Crippen molar-refractivity contribution in [3.8, 4) is 33.4 Å². The molecule has 0 aliphatic carbocycles. The van der Waals surface area contributed by atoms with Gasteiger partial charge in [0.1, 0.15) is 0 Å². The van der Waals surface area contributed by atoms with Gasteiger partial charge in [-0.15, -0.1) is 0 Å². The lowest BCUT2D eigenvalue weighted by molar-refractivity contribution is 1.14. The molecule has 0 heteroatoms. The van der Waals surface area contributed by atoms with E-state index >= 15 is 0 Å². The lowest BCUT2D eigenvalue weighted by Crippen LogP contribution is -1.86. The molecule has 0 atom stereocenters. The zero-order chi connectivity index (χ0) is 17.8. The van der Waals surface area contributed by atoms with Crippen LogP contribution < -0.4 is 0 Å². The molecular weight excluding hydrogens is 312 g/mol. The Morgan fingerprint density at radius 1 is 0.423 bits per heavy atom. The maximum absolute atomic E-state index is 2.23. The van der Waals surface area contributed by atoms with E-state index < -0.39 is 0 Å². The van der Waals surface area contributed by atoms with Crippen molar-refractivity contribution >= 4 is 0 Å². The van der Waals surface area contributed by atoms with E-state index in [1.807, 2.05) is 0 Å². The summed E-state index contributed by atoms with van der Waals surface area (Å²) in [5, 5.41) is 0. The van der Waals surface area contributed by atoms with Gasteiger partial charge in [0.2, 0.25) is 0 Å². The molecule has 4 aromatic rings. The van der Waals surface area contributed by atoms with Crippen molar-refractivity contribution < 1.29 is 0 Å². The molecular formula is C26H22. The third-order valence-electron chi connectivity index (χ3n) is 4.90. The van der Waals surface area contributed by atoms with E-state index in [1.54, 1.807) is 0 Å². The predicted octanol–water partition coefficient (Wildman–Crippen LogP) is 7.25. The van der Waals surface area contributed by atoms with Gasteiger partial charge in [0, 0.05) is 0 Å². The van der Waals surface area contributed by atoms with E-state index in [4.69, 9.17) is 0 Å². The Kier molecular flexibility index (Phi) is 4.66. The van der Waals surface area contributed by atoms with Crippen LogP contribution in [0, 0.1) is 0 Å². The topological polar surface area (TPSA) is 0 Å². The quantitative estimate of drug-likeness (QED) is 0.369. The summed E-state index contributed by atoms with van der Waals surface area (Å²) in [6, 6.07) is 37.0. The zero-order valence-corrected chi connectivity index (χ0v) is 15.0. The SMILES string of the molecule is CCc1ccc(-c2ccc(-c3ccccc3-c3ccccc3)cc2)cc1. The highest BCUT2D eigenvalue weighted by Gasteiger charge is 2.07. The van der Waals surface area contributed by atoms with Crippen LogP contribution in [0.5, 0.6) is 0 Å². The molecule has 4 aromatic carbocycles. The molecule has 0 bridgehead atoms. The third kappa shape index (κ3) is 3.32. The van der Waals surface area contributed by atoms with E-state index in [0.717, 1.165) is 6.42 Å². The van der Waals surface area contributed by atoms with Crippen molar-refractivity contribution in [2.24, 2.45) is 0 Å². The molecule has 0 amide bonds. The molecule has 0 heterocycles. The molecule has 0 spiro atoms. The van der Waals surface area contributed by atoms with Gasteiger partial charge in [0.15, 0.2) is 0 Å². The average Bonchev–Trinajstić information content (AvgIpc) is 2.75. The summed E-state index contributed by atoms with van der Waals surface area (Å²) in [6.07, 6.45) is 1.08. The largest absolute Gasteiger partial charge is 0.0622 e. The number of hydrogen-bond donors (Lipinski definition) is 0. The van der Waals surface area contributed by atoms with Gasteiger partial charge in [0.05, 0.1) is 0 Å². The summed E-state index contributed by atoms with van der Waals surface area (Å²) in [6.45, 7) is 2.19. The molecule has 26 heavy (non-hydrogen) atoms. The average molecular weight is 334 g/mol. The second-order valence-electron chi connectivity index (χ2n) is 6.54. The van der Waals surface area contributed by atoms with Crippen LogP contribution in [-0.2, 0) is 6.42 Å². The number of aryl methyl sites for hydroxylation is 1. The minimum atomic E-state index is 1.08. The van der Waals surface area contributed by atoms with Crippen molar-refractivity contribution in [1.29, 1.82) is 0 Å². The van der Waals surface area contributed by atoms with Crippen molar-refractivity contribution in [3.05, 3.63) is 109 Å².